The monoisotopic (exact) mass is 390 g/mol. The first-order valence-electron chi connectivity index (χ1n) is 9.34. The SMILES string of the molecule is Cc1ccccc1C1C=C2Nc3ncnn3C(c3ccc(Cl)cc3)C2C(=O)C1. The molecule has 0 fully saturated rings. The Labute approximate surface area is 168 Å². The number of nitrogens with zero attached hydrogens (tertiary/aromatic N) is 3. The molecule has 2 aromatic carbocycles. The van der Waals surface area contributed by atoms with Crippen LogP contribution < -0.4 is 5.32 Å². The number of carbonyl (C=O) groups excluding carboxylic acids is 1. The van der Waals surface area contributed by atoms with Gasteiger partial charge in [-0.2, -0.15) is 10.1 Å². The van der Waals surface area contributed by atoms with E-state index >= 15 is 0 Å². The van der Waals surface area contributed by atoms with Crippen LogP contribution in [-0.2, 0) is 4.79 Å². The minimum absolute atomic E-state index is 0.0628. The van der Waals surface area contributed by atoms with Gasteiger partial charge in [0.2, 0.25) is 5.95 Å². The zero-order valence-corrected chi connectivity index (χ0v) is 16.1. The predicted octanol–water partition coefficient (Wildman–Crippen LogP) is 4.51. The second-order valence-electron chi connectivity index (χ2n) is 7.38. The summed E-state index contributed by atoms with van der Waals surface area (Å²) in [6, 6.07) is 15.6. The van der Waals surface area contributed by atoms with E-state index in [1.165, 1.54) is 17.5 Å². The molecule has 6 heteroatoms. The molecule has 0 amide bonds. The van der Waals surface area contributed by atoms with Crippen molar-refractivity contribution in [1.82, 2.24) is 14.8 Å². The van der Waals surface area contributed by atoms with Crippen molar-refractivity contribution in [3.05, 3.63) is 88.3 Å². The van der Waals surface area contributed by atoms with Crippen molar-refractivity contribution in [3.63, 3.8) is 0 Å². The number of hydrogen-bond acceptors (Lipinski definition) is 4. The van der Waals surface area contributed by atoms with E-state index < -0.39 is 0 Å². The molecule has 2 heterocycles. The summed E-state index contributed by atoms with van der Waals surface area (Å²) in [6.07, 6.45) is 4.19. The molecule has 0 radical (unpaired) electrons. The van der Waals surface area contributed by atoms with Gasteiger partial charge in [0, 0.05) is 23.1 Å². The number of rotatable bonds is 2. The molecule has 28 heavy (non-hydrogen) atoms. The number of ketones is 1. The highest BCUT2D eigenvalue weighted by atomic mass is 35.5. The summed E-state index contributed by atoms with van der Waals surface area (Å²) in [7, 11) is 0. The number of aryl methyl sites for hydroxylation is 1. The third-order valence-corrected chi connectivity index (χ3v) is 5.94. The van der Waals surface area contributed by atoms with Crippen molar-refractivity contribution >= 4 is 23.3 Å². The third-order valence-electron chi connectivity index (χ3n) is 5.69. The second-order valence-corrected chi connectivity index (χ2v) is 7.82. The second kappa shape index (κ2) is 6.60. The third kappa shape index (κ3) is 2.74. The molecule has 140 valence electrons. The molecule has 1 aromatic heterocycles. The van der Waals surface area contributed by atoms with Crippen LogP contribution in [0.25, 0.3) is 0 Å². The number of anilines is 1. The van der Waals surface area contributed by atoms with E-state index in [0.29, 0.717) is 17.4 Å². The molecule has 5 nitrogen and oxygen atoms in total. The largest absolute Gasteiger partial charge is 0.328 e. The van der Waals surface area contributed by atoms with E-state index in [0.717, 1.165) is 11.3 Å². The summed E-state index contributed by atoms with van der Waals surface area (Å²) in [5.41, 5.74) is 4.30. The van der Waals surface area contributed by atoms with Crippen molar-refractivity contribution < 1.29 is 4.79 Å². The van der Waals surface area contributed by atoms with Crippen LogP contribution in [-0.4, -0.2) is 20.5 Å². The van der Waals surface area contributed by atoms with Gasteiger partial charge < -0.3 is 5.32 Å². The average Bonchev–Trinajstić information content (AvgIpc) is 3.15. The van der Waals surface area contributed by atoms with Gasteiger partial charge in [0.05, 0.1) is 12.0 Å². The fourth-order valence-electron chi connectivity index (χ4n) is 4.37. The topological polar surface area (TPSA) is 59.8 Å². The Morgan fingerprint density at radius 1 is 1.14 bits per heavy atom. The maximum absolute atomic E-state index is 13.3. The fourth-order valence-corrected chi connectivity index (χ4v) is 4.50. The van der Waals surface area contributed by atoms with Crippen molar-refractivity contribution in [1.29, 1.82) is 0 Å². The zero-order valence-electron chi connectivity index (χ0n) is 15.3. The Morgan fingerprint density at radius 3 is 2.71 bits per heavy atom. The lowest BCUT2D eigenvalue weighted by atomic mass is 9.75. The number of fused-ring (bicyclic) bond motifs is 2. The van der Waals surface area contributed by atoms with Gasteiger partial charge in [-0.1, -0.05) is 54.1 Å². The van der Waals surface area contributed by atoms with Gasteiger partial charge in [0.25, 0.3) is 0 Å². The van der Waals surface area contributed by atoms with Crippen LogP contribution in [0.4, 0.5) is 5.95 Å². The van der Waals surface area contributed by atoms with Gasteiger partial charge in [-0.3, -0.25) is 4.79 Å². The molecule has 2 aliphatic rings. The van der Waals surface area contributed by atoms with Crippen LogP contribution in [0.15, 0.2) is 66.6 Å². The lowest BCUT2D eigenvalue weighted by molar-refractivity contribution is -0.123. The van der Waals surface area contributed by atoms with E-state index in [2.05, 4.69) is 40.5 Å². The predicted molar refractivity (Wildman–Crippen MR) is 108 cm³/mol. The highest BCUT2D eigenvalue weighted by molar-refractivity contribution is 6.30. The normalized spacial score (nSPS) is 23.4. The van der Waals surface area contributed by atoms with Crippen LogP contribution >= 0.6 is 11.6 Å². The van der Waals surface area contributed by atoms with Crippen LogP contribution in [0.5, 0.6) is 0 Å². The summed E-state index contributed by atoms with van der Waals surface area (Å²) >= 11 is 6.07. The van der Waals surface area contributed by atoms with Gasteiger partial charge in [-0.05, 0) is 35.7 Å². The van der Waals surface area contributed by atoms with Gasteiger partial charge >= 0.3 is 0 Å². The number of Topliss-reactive ketones (excluding diaryl/α,β-unsaturated/α-hetero) is 1. The van der Waals surface area contributed by atoms with Gasteiger partial charge in [-0.15, -0.1) is 0 Å². The summed E-state index contributed by atoms with van der Waals surface area (Å²) < 4.78 is 1.80. The van der Waals surface area contributed by atoms with Crippen LogP contribution in [0.2, 0.25) is 5.02 Å². The summed E-state index contributed by atoms with van der Waals surface area (Å²) in [5, 5.41) is 8.40. The molecule has 0 bridgehead atoms. The van der Waals surface area contributed by atoms with Gasteiger partial charge in [0.15, 0.2) is 0 Å². The van der Waals surface area contributed by atoms with Crippen molar-refractivity contribution in [2.75, 3.05) is 5.32 Å². The van der Waals surface area contributed by atoms with Gasteiger partial charge in [-0.25, -0.2) is 4.68 Å². The quantitative estimate of drug-likeness (QED) is 0.699. The molecule has 0 saturated heterocycles. The standard InChI is InChI=1S/C22H19ClN4O/c1-13-4-2-3-5-17(13)15-10-18-20(19(28)11-15)21(14-6-8-16(23)9-7-14)27-22(26-18)24-12-25-27/h2-10,12,15,20-21H,11H2,1H3,(H,24,25,26). The average molecular weight is 391 g/mol. The summed E-state index contributed by atoms with van der Waals surface area (Å²) in [6.45, 7) is 2.09. The molecule has 5 rings (SSSR count). The minimum atomic E-state index is -0.310. The number of aromatic nitrogens is 3. The Morgan fingerprint density at radius 2 is 1.93 bits per heavy atom. The van der Waals surface area contributed by atoms with Crippen molar-refractivity contribution in [2.24, 2.45) is 5.92 Å². The smallest absolute Gasteiger partial charge is 0.226 e. The highest BCUT2D eigenvalue weighted by Gasteiger charge is 2.43. The van der Waals surface area contributed by atoms with E-state index in [-0.39, 0.29) is 23.7 Å². The van der Waals surface area contributed by atoms with Crippen molar-refractivity contribution in [3.8, 4) is 0 Å². The lowest BCUT2D eigenvalue weighted by Crippen LogP contribution is -2.40. The van der Waals surface area contributed by atoms with E-state index in [9.17, 15) is 4.79 Å². The molecule has 1 aliphatic carbocycles. The first kappa shape index (κ1) is 17.2. The first-order valence-corrected chi connectivity index (χ1v) is 9.71. The van der Waals surface area contributed by atoms with Crippen LogP contribution in [0.1, 0.15) is 35.1 Å². The van der Waals surface area contributed by atoms with Crippen molar-refractivity contribution in [2.45, 2.75) is 25.3 Å². The summed E-state index contributed by atoms with van der Waals surface area (Å²) in [4.78, 5) is 17.7. The molecule has 0 saturated carbocycles. The Kier molecular flexibility index (Phi) is 4.05. The molecule has 3 atom stereocenters. The Balaban J connectivity index is 1.62. The van der Waals surface area contributed by atoms with Crippen LogP contribution in [0, 0.1) is 12.8 Å². The molecular weight excluding hydrogens is 372 g/mol. The molecule has 0 spiro atoms. The number of hydrogen-bond donors (Lipinski definition) is 1. The first-order chi connectivity index (χ1) is 13.6. The number of allylic oxidation sites excluding steroid dienone is 2. The molecule has 1 aliphatic heterocycles. The molecule has 1 N–H and O–H groups in total. The maximum atomic E-state index is 13.3. The van der Waals surface area contributed by atoms with E-state index in [1.54, 1.807) is 4.68 Å². The highest BCUT2D eigenvalue weighted by Crippen LogP contribution is 2.44. The number of benzene rings is 2. The number of nitrogens with one attached hydrogen (secondary N) is 1. The molecular formula is C22H19ClN4O. The zero-order chi connectivity index (χ0) is 19.3. The summed E-state index contributed by atoms with van der Waals surface area (Å²) in [5.74, 6) is 0.614. The maximum Gasteiger partial charge on any atom is 0.226 e. The lowest BCUT2D eigenvalue weighted by Gasteiger charge is -2.38. The van der Waals surface area contributed by atoms with Crippen LogP contribution in [0.3, 0.4) is 0 Å². The molecule has 3 unspecified atom stereocenters. The van der Waals surface area contributed by atoms with E-state index in [4.69, 9.17) is 11.6 Å². The van der Waals surface area contributed by atoms with E-state index in [1.807, 2.05) is 36.4 Å². The number of carbonyl (C=O) groups is 1. The fraction of sp³-hybridized carbons (Fsp3) is 0.227. The minimum Gasteiger partial charge on any atom is -0.328 e. The Hall–Kier alpha value is -2.92. The van der Waals surface area contributed by atoms with Gasteiger partial charge in [0.1, 0.15) is 12.1 Å². The number of halogens is 1. The molecule has 3 aromatic rings. The Bertz CT molecular complexity index is 1090.